The fourth-order valence-corrected chi connectivity index (χ4v) is 1.31. The summed E-state index contributed by atoms with van der Waals surface area (Å²) < 4.78 is 4.56. The Balaban J connectivity index is 2.85. The highest BCUT2D eigenvalue weighted by Gasteiger charge is 2.16. The van der Waals surface area contributed by atoms with Gasteiger partial charge in [0.2, 0.25) is 0 Å². The Labute approximate surface area is 88.5 Å². The van der Waals surface area contributed by atoms with Crippen LogP contribution in [0.4, 0.5) is 0 Å². The summed E-state index contributed by atoms with van der Waals surface area (Å²) >= 11 is 0. The number of methoxy groups -OCH3 is 1. The number of ether oxygens (including phenoxy) is 1. The summed E-state index contributed by atoms with van der Waals surface area (Å²) in [6.45, 7) is 1.85. The number of aryl methyl sites for hydroxylation is 1. The summed E-state index contributed by atoms with van der Waals surface area (Å²) in [6.07, 6.45) is 2.84. The molecular weight excluding hydrogens is 196 g/mol. The van der Waals surface area contributed by atoms with Gasteiger partial charge in [-0.15, -0.1) is 0 Å². The first-order valence-electron chi connectivity index (χ1n) is 4.99. The summed E-state index contributed by atoms with van der Waals surface area (Å²) in [5, 5.41) is 9.02. The molecule has 0 aliphatic heterocycles. The van der Waals surface area contributed by atoms with E-state index < -0.39 is 5.97 Å². The Morgan fingerprint density at radius 1 is 1.60 bits per heavy atom. The maximum Gasteiger partial charge on any atom is 0.358 e. The van der Waals surface area contributed by atoms with E-state index in [4.69, 9.17) is 5.11 Å². The van der Waals surface area contributed by atoms with Crippen LogP contribution >= 0.6 is 0 Å². The third kappa shape index (κ3) is 2.79. The van der Waals surface area contributed by atoms with Crippen molar-refractivity contribution >= 4 is 5.97 Å². The number of nitrogens with one attached hydrogen (secondary N) is 1. The lowest BCUT2D eigenvalue weighted by Crippen LogP contribution is -2.05. The van der Waals surface area contributed by atoms with E-state index in [0.717, 1.165) is 25.1 Å². The number of aromatic nitrogens is 2. The minimum atomic E-state index is -0.516. The molecule has 0 bridgehead atoms. The van der Waals surface area contributed by atoms with Crippen LogP contribution in [-0.2, 0) is 17.8 Å². The molecule has 0 saturated heterocycles. The fraction of sp³-hybridized carbons (Fsp3) is 0.600. The summed E-state index contributed by atoms with van der Waals surface area (Å²) in [5.41, 5.74) is 0.610. The molecule has 0 radical (unpaired) electrons. The van der Waals surface area contributed by atoms with Crippen LogP contribution in [0.15, 0.2) is 0 Å². The average Bonchev–Trinajstić information content (AvgIpc) is 2.68. The first-order chi connectivity index (χ1) is 7.22. The number of hydrogen-bond acceptors (Lipinski definition) is 4. The molecule has 1 aromatic heterocycles. The number of nitrogens with zero attached hydrogens (tertiary/aromatic N) is 1. The van der Waals surface area contributed by atoms with Gasteiger partial charge in [0, 0.05) is 6.42 Å². The minimum absolute atomic E-state index is 0.186. The molecule has 0 spiro atoms. The van der Waals surface area contributed by atoms with E-state index in [1.165, 1.54) is 7.11 Å². The van der Waals surface area contributed by atoms with E-state index in [1.54, 1.807) is 0 Å². The van der Waals surface area contributed by atoms with E-state index >= 15 is 0 Å². The molecule has 5 heteroatoms. The number of H-pyrrole nitrogens is 1. The topological polar surface area (TPSA) is 75.2 Å². The van der Waals surface area contributed by atoms with Gasteiger partial charge < -0.3 is 14.8 Å². The van der Waals surface area contributed by atoms with Crippen molar-refractivity contribution in [2.75, 3.05) is 7.11 Å². The first kappa shape index (κ1) is 11.7. The minimum Gasteiger partial charge on any atom is -0.464 e. The number of rotatable bonds is 5. The maximum atomic E-state index is 11.3. The van der Waals surface area contributed by atoms with Crippen LogP contribution < -0.4 is 0 Å². The second kappa shape index (κ2) is 5.50. The van der Waals surface area contributed by atoms with Gasteiger partial charge in [-0.25, -0.2) is 9.78 Å². The lowest BCUT2D eigenvalue weighted by molar-refractivity contribution is 0.0590. The van der Waals surface area contributed by atoms with Gasteiger partial charge in [0.1, 0.15) is 5.82 Å². The van der Waals surface area contributed by atoms with Crippen LogP contribution in [0.1, 0.15) is 41.8 Å². The molecule has 1 rings (SSSR count). The van der Waals surface area contributed by atoms with Crippen molar-refractivity contribution in [1.82, 2.24) is 9.97 Å². The highest BCUT2D eigenvalue weighted by molar-refractivity contribution is 5.88. The zero-order valence-corrected chi connectivity index (χ0v) is 9.04. The molecule has 0 amide bonds. The molecule has 84 valence electrons. The van der Waals surface area contributed by atoms with Gasteiger partial charge in [-0.05, 0) is 6.42 Å². The zero-order chi connectivity index (χ0) is 11.3. The molecule has 15 heavy (non-hydrogen) atoms. The first-order valence-corrected chi connectivity index (χ1v) is 4.99. The number of aliphatic hydroxyl groups is 1. The number of aromatic amines is 1. The molecule has 0 aliphatic rings. The average molecular weight is 212 g/mol. The van der Waals surface area contributed by atoms with Crippen LogP contribution in [0, 0.1) is 0 Å². The Morgan fingerprint density at radius 2 is 2.33 bits per heavy atom. The monoisotopic (exact) mass is 212 g/mol. The van der Waals surface area contributed by atoms with Crippen molar-refractivity contribution in [3.05, 3.63) is 17.2 Å². The van der Waals surface area contributed by atoms with E-state index in [9.17, 15) is 4.79 Å². The lowest BCUT2D eigenvalue weighted by Gasteiger charge is -1.95. The lowest BCUT2D eigenvalue weighted by atomic mass is 10.2. The maximum absolute atomic E-state index is 11.3. The molecule has 0 fully saturated rings. The predicted octanol–water partition coefficient (Wildman–Crippen LogP) is 1.03. The normalized spacial score (nSPS) is 10.3. The van der Waals surface area contributed by atoms with Crippen LogP contribution in [0.5, 0.6) is 0 Å². The van der Waals surface area contributed by atoms with E-state index in [2.05, 4.69) is 21.6 Å². The largest absolute Gasteiger partial charge is 0.464 e. The molecule has 1 heterocycles. The van der Waals surface area contributed by atoms with E-state index in [1.807, 2.05) is 0 Å². The summed E-state index contributed by atoms with van der Waals surface area (Å²) in [7, 11) is 1.30. The smallest absolute Gasteiger partial charge is 0.358 e. The summed E-state index contributed by atoms with van der Waals surface area (Å²) in [4.78, 5) is 18.3. The van der Waals surface area contributed by atoms with Crippen LogP contribution in [0.25, 0.3) is 0 Å². The van der Waals surface area contributed by atoms with Crippen molar-refractivity contribution in [2.45, 2.75) is 32.8 Å². The van der Waals surface area contributed by atoms with Gasteiger partial charge >= 0.3 is 5.97 Å². The quantitative estimate of drug-likeness (QED) is 0.715. The molecule has 0 atom stereocenters. The second-order valence-corrected chi connectivity index (χ2v) is 3.26. The van der Waals surface area contributed by atoms with Crippen molar-refractivity contribution in [2.24, 2.45) is 0 Å². The number of carbonyl (C=O) groups excluding carboxylic acids is 1. The highest BCUT2D eigenvalue weighted by Crippen LogP contribution is 2.09. The SMILES string of the molecule is CCCCc1nc(C(=O)OC)c(CO)[nH]1. The van der Waals surface area contributed by atoms with Crippen LogP contribution in [0.3, 0.4) is 0 Å². The number of unbranched alkanes of at least 4 members (excludes halogenated alkanes) is 1. The molecule has 2 N–H and O–H groups in total. The number of hydrogen-bond donors (Lipinski definition) is 2. The van der Waals surface area contributed by atoms with Crippen molar-refractivity contribution in [3.63, 3.8) is 0 Å². The predicted molar refractivity (Wildman–Crippen MR) is 54.5 cm³/mol. The second-order valence-electron chi connectivity index (χ2n) is 3.26. The highest BCUT2D eigenvalue weighted by atomic mass is 16.5. The molecule has 0 unspecified atom stereocenters. The van der Waals surface area contributed by atoms with Gasteiger partial charge in [-0.1, -0.05) is 13.3 Å². The molecule has 0 aliphatic carbocycles. The molecule has 1 aromatic rings. The van der Waals surface area contributed by atoms with Crippen LogP contribution in [-0.4, -0.2) is 28.2 Å². The summed E-state index contributed by atoms with van der Waals surface area (Å²) in [6, 6.07) is 0. The van der Waals surface area contributed by atoms with Crippen molar-refractivity contribution in [1.29, 1.82) is 0 Å². The van der Waals surface area contributed by atoms with Gasteiger partial charge in [0.05, 0.1) is 19.4 Å². The van der Waals surface area contributed by atoms with Gasteiger partial charge in [0.15, 0.2) is 5.69 Å². The summed E-state index contributed by atoms with van der Waals surface area (Å²) in [5.74, 6) is 0.208. The molecule has 5 nitrogen and oxygen atoms in total. The van der Waals surface area contributed by atoms with Crippen LogP contribution in [0.2, 0.25) is 0 Å². The molecule has 0 saturated carbocycles. The third-order valence-electron chi connectivity index (χ3n) is 2.13. The molecular formula is C10H16N2O3. The molecule has 0 aromatic carbocycles. The number of imidazole rings is 1. The van der Waals surface area contributed by atoms with Crippen molar-refractivity contribution in [3.8, 4) is 0 Å². The van der Waals surface area contributed by atoms with E-state index in [-0.39, 0.29) is 12.3 Å². The van der Waals surface area contributed by atoms with Gasteiger partial charge in [-0.2, -0.15) is 0 Å². The van der Waals surface area contributed by atoms with E-state index in [0.29, 0.717) is 5.69 Å². The third-order valence-corrected chi connectivity index (χ3v) is 2.13. The fourth-order valence-electron chi connectivity index (χ4n) is 1.31. The van der Waals surface area contributed by atoms with Gasteiger partial charge in [0.25, 0.3) is 0 Å². The Morgan fingerprint density at radius 3 is 2.87 bits per heavy atom. The van der Waals surface area contributed by atoms with Gasteiger partial charge in [-0.3, -0.25) is 0 Å². The standard InChI is InChI=1S/C10H16N2O3/c1-3-4-5-8-11-7(6-13)9(12-8)10(14)15-2/h13H,3-6H2,1-2H3,(H,11,12). The Kier molecular flexibility index (Phi) is 4.30. The number of carbonyl (C=O) groups is 1. The number of esters is 1. The zero-order valence-electron chi connectivity index (χ0n) is 9.04. The Bertz CT molecular complexity index is 333. The Hall–Kier alpha value is -1.36. The van der Waals surface area contributed by atoms with Crippen molar-refractivity contribution < 1.29 is 14.6 Å². The number of aliphatic hydroxyl groups excluding tert-OH is 1.